The molecule has 0 saturated heterocycles. The smallest absolute Gasteiger partial charge is 0.273 e. The number of amides is 2. The van der Waals surface area contributed by atoms with E-state index in [0.717, 1.165) is 38.5 Å². The maximum atomic E-state index is 13.2. The molecule has 1 aliphatic rings. The van der Waals surface area contributed by atoms with Crippen molar-refractivity contribution < 1.29 is 22.8 Å². The number of nitrogens with one attached hydrogen (secondary N) is 3. The van der Waals surface area contributed by atoms with Gasteiger partial charge in [-0.1, -0.05) is 6.42 Å². The second-order valence-electron chi connectivity index (χ2n) is 10.2. The SMILES string of the molecule is NCCCC[C@@H]1NCc2coc(n2)[C@@H](CCCCN)NC(=O)c2coc(n2)[C@H](CCCCN)NC(=O)c2coc1n2. The molecule has 41 heavy (non-hydrogen) atoms. The van der Waals surface area contributed by atoms with Gasteiger partial charge in [-0.25, -0.2) is 15.0 Å². The number of unbranched alkanes of at least 4 members (excludes halogenated alkanes) is 3. The van der Waals surface area contributed by atoms with Crippen molar-refractivity contribution in [2.45, 2.75) is 82.5 Å². The van der Waals surface area contributed by atoms with Gasteiger partial charge in [-0.2, -0.15) is 0 Å². The molecule has 0 aliphatic carbocycles. The maximum absolute atomic E-state index is 13.2. The highest BCUT2D eigenvalue weighted by atomic mass is 16.4. The van der Waals surface area contributed by atoms with Crippen LogP contribution in [0.4, 0.5) is 0 Å². The van der Waals surface area contributed by atoms with E-state index >= 15 is 0 Å². The molecule has 14 nitrogen and oxygen atoms in total. The molecule has 1 aliphatic heterocycles. The van der Waals surface area contributed by atoms with Gasteiger partial charge in [0.05, 0.1) is 11.7 Å². The summed E-state index contributed by atoms with van der Waals surface area (Å²) in [4.78, 5) is 39.9. The third-order valence-corrected chi connectivity index (χ3v) is 6.95. The first-order valence-corrected chi connectivity index (χ1v) is 14.3. The minimum atomic E-state index is -0.595. The average molecular weight is 572 g/mol. The lowest BCUT2D eigenvalue weighted by molar-refractivity contribution is 0.0916. The number of nitrogens with zero attached hydrogens (tertiary/aromatic N) is 3. The molecular formula is C27H41N9O5. The van der Waals surface area contributed by atoms with E-state index in [9.17, 15) is 9.59 Å². The van der Waals surface area contributed by atoms with E-state index in [0.29, 0.717) is 62.9 Å². The number of rotatable bonds is 12. The van der Waals surface area contributed by atoms with Crippen LogP contribution in [0.25, 0.3) is 0 Å². The number of nitrogens with two attached hydrogens (primary N) is 3. The van der Waals surface area contributed by atoms with Gasteiger partial charge in [0, 0.05) is 6.54 Å². The minimum absolute atomic E-state index is 0.0838. The zero-order valence-corrected chi connectivity index (χ0v) is 23.3. The van der Waals surface area contributed by atoms with E-state index in [4.69, 9.17) is 30.5 Å². The summed E-state index contributed by atoms with van der Waals surface area (Å²) in [5, 5.41) is 9.32. The van der Waals surface area contributed by atoms with Crippen LogP contribution in [0.5, 0.6) is 0 Å². The molecule has 0 radical (unpaired) electrons. The van der Waals surface area contributed by atoms with Crippen molar-refractivity contribution in [3.05, 3.63) is 53.5 Å². The van der Waals surface area contributed by atoms with Crippen molar-refractivity contribution >= 4 is 11.8 Å². The Morgan fingerprint density at radius 1 is 0.634 bits per heavy atom. The topological polar surface area (TPSA) is 226 Å². The zero-order valence-electron chi connectivity index (χ0n) is 23.3. The van der Waals surface area contributed by atoms with E-state index in [1.807, 2.05) is 0 Å². The van der Waals surface area contributed by atoms with Crippen LogP contribution in [0, 0.1) is 0 Å². The Balaban J connectivity index is 1.66. The summed E-state index contributed by atoms with van der Waals surface area (Å²) in [6, 6.07) is -1.36. The molecule has 9 N–H and O–H groups in total. The lowest BCUT2D eigenvalue weighted by Gasteiger charge is -2.16. The standard InChI is InChI=1S/C27H41N9O5/c28-10-4-1-7-18-25-35-21(15-40-25)23(37)34-20(9-3-6-12-30)27-36-22(16-41-27)24(38)33-19(8-2-5-11-29)26-32-17(13-31-18)14-39-26/h14-16,18-20,31H,1-13,28-30H2,(H,33,38)(H,34,37)/t18-,19+,20-/m0/s1. The average Bonchev–Trinajstić information content (AvgIpc) is 3.75. The van der Waals surface area contributed by atoms with Crippen molar-refractivity contribution in [3.63, 3.8) is 0 Å². The first-order chi connectivity index (χ1) is 20.0. The number of carbonyl (C=O) groups is 2. The first kappa shape index (κ1) is 30.4. The molecule has 14 heteroatoms. The molecule has 3 atom stereocenters. The van der Waals surface area contributed by atoms with Crippen molar-refractivity contribution in [2.24, 2.45) is 17.2 Å². The summed E-state index contributed by atoms with van der Waals surface area (Å²) >= 11 is 0. The van der Waals surface area contributed by atoms with Gasteiger partial charge in [0.2, 0.25) is 17.7 Å². The van der Waals surface area contributed by atoms with Crippen molar-refractivity contribution in [1.82, 2.24) is 30.9 Å². The number of carbonyl (C=O) groups excluding carboxylic acids is 2. The Labute approximate surface area is 238 Å². The fourth-order valence-corrected chi connectivity index (χ4v) is 4.67. The summed E-state index contributed by atoms with van der Waals surface area (Å²) in [7, 11) is 0. The Hall–Kier alpha value is -3.59. The van der Waals surface area contributed by atoms with Crippen molar-refractivity contribution in [2.75, 3.05) is 19.6 Å². The van der Waals surface area contributed by atoms with Gasteiger partial charge in [0.1, 0.15) is 30.9 Å². The highest BCUT2D eigenvalue weighted by molar-refractivity contribution is 5.93. The molecule has 0 fully saturated rings. The van der Waals surface area contributed by atoms with Crippen LogP contribution >= 0.6 is 0 Å². The van der Waals surface area contributed by atoms with Crippen LogP contribution in [0.15, 0.2) is 32.0 Å². The molecule has 0 aromatic carbocycles. The third kappa shape index (κ3) is 8.45. The van der Waals surface area contributed by atoms with Crippen LogP contribution in [-0.4, -0.2) is 46.4 Å². The summed E-state index contributed by atoms with van der Waals surface area (Å²) in [5.74, 6) is 0.114. The van der Waals surface area contributed by atoms with Gasteiger partial charge in [0.25, 0.3) is 11.8 Å². The lowest BCUT2D eigenvalue weighted by atomic mass is 10.1. The van der Waals surface area contributed by atoms with Gasteiger partial charge in [-0.15, -0.1) is 0 Å². The Kier molecular flexibility index (Phi) is 11.4. The normalized spacial score (nSPS) is 19.8. The van der Waals surface area contributed by atoms with Crippen molar-refractivity contribution in [1.29, 1.82) is 0 Å². The first-order valence-electron chi connectivity index (χ1n) is 14.3. The zero-order chi connectivity index (χ0) is 29.0. The van der Waals surface area contributed by atoms with E-state index in [2.05, 4.69) is 30.9 Å². The quantitative estimate of drug-likeness (QED) is 0.172. The van der Waals surface area contributed by atoms with E-state index in [1.54, 1.807) is 6.26 Å². The molecule has 224 valence electrons. The highest BCUT2D eigenvalue weighted by Gasteiger charge is 2.27. The van der Waals surface area contributed by atoms with E-state index < -0.39 is 23.9 Å². The number of fused-ring (bicyclic) bond motifs is 6. The monoisotopic (exact) mass is 571 g/mol. The molecule has 4 rings (SSSR count). The number of aromatic nitrogens is 3. The lowest BCUT2D eigenvalue weighted by Crippen LogP contribution is -2.31. The summed E-state index contributed by atoms with van der Waals surface area (Å²) in [6.07, 6.45) is 10.7. The number of oxazole rings is 3. The van der Waals surface area contributed by atoms with E-state index in [-0.39, 0.29) is 23.3 Å². The van der Waals surface area contributed by atoms with Gasteiger partial charge in [-0.05, 0) is 71.0 Å². The van der Waals surface area contributed by atoms with Gasteiger partial charge >= 0.3 is 0 Å². The fourth-order valence-electron chi connectivity index (χ4n) is 4.67. The largest absolute Gasteiger partial charge is 0.446 e. The second-order valence-corrected chi connectivity index (χ2v) is 10.2. The molecule has 6 bridgehead atoms. The molecule has 4 heterocycles. The summed E-state index contributed by atoms with van der Waals surface area (Å²) in [6.45, 7) is 1.99. The van der Waals surface area contributed by atoms with Crippen LogP contribution in [-0.2, 0) is 6.54 Å². The van der Waals surface area contributed by atoms with E-state index in [1.165, 1.54) is 12.5 Å². The fraction of sp³-hybridized carbons (Fsp3) is 0.593. The molecule has 0 spiro atoms. The van der Waals surface area contributed by atoms with Crippen LogP contribution in [0.3, 0.4) is 0 Å². The molecular weight excluding hydrogens is 530 g/mol. The van der Waals surface area contributed by atoms with Gasteiger partial charge in [-0.3, -0.25) is 9.59 Å². The third-order valence-electron chi connectivity index (χ3n) is 6.95. The molecule has 2 amide bonds. The van der Waals surface area contributed by atoms with Crippen molar-refractivity contribution in [3.8, 4) is 0 Å². The van der Waals surface area contributed by atoms with Gasteiger partial charge < -0.3 is 46.4 Å². The minimum Gasteiger partial charge on any atom is -0.446 e. The number of hydrogen-bond donors (Lipinski definition) is 6. The Bertz CT molecular complexity index is 1240. The second kappa shape index (κ2) is 15.4. The Morgan fingerprint density at radius 3 is 1.59 bits per heavy atom. The molecule has 0 unspecified atom stereocenters. The van der Waals surface area contributed by atoms with Crippen LogP contribution < -0.4 is 33.2 Å². The maximum Gasteiger partial charge on any atom is 0.273 e. The Morgan fingerprint density at radius 2 is 1.07 bits per heavy atom. The summed E-state index contributed by atoms with van der Waals surface area (Å²) in [5.41, 5.74) is 17.9. The summed E-state index contributed by atoms with van der Waals surface area (Å²) < 4.78 is 17.2. The molecule has 3 aromatic heterocycles. The van der Waals surface area contributed by atoms with Gasteiger partial charge in [0.15, 0.2) is 11.4 Å². The van der Waals surface area contributed by atoms with Crippen LogP contribution in [0.2, 0.25) is 0 Å². The number of hydrogen-bond acceptors (Lipinski definition) is 12. The molecule has 0 saturated carbocycles. The van der Waals surface area contributed by atoms with Crippen LogP contribution in [0.1, 0.15) is 120 Å². The predicted molar refractivity (Wildman–Crippen MR) is 148 cm³/mol. The predicted octanol–water partition coefficient (Wildman–Crippen LogP) is 2.12. The highest BCUT2D eigenvalue weighted by Crippen LogP contribution is 2.25. The molecule has 3 aromatic rings.